The molecule has 1 heterocycles. The number of nitrogens with zero attached hydrogens (tertiary/aromatic N) is 1. The molecule has 0 aromatic carbocycles. The van der Waals surface area contributed by atoms with E-state index in [1.54, 1.807) is 20.8 Å². The summed E-state index contributed by atoms with van der Waals surface area (Å²) in [5.41, 5.74) is -1.35. The Bertz CT molecular complexity index is 539. The zero-order chi connectivity index (χ0) is 13.2. The smallest absolute Gasteiger partial charge is 0.328 e. The number of esters is 1. The fourth-order valence-corrected chi connectivity index (χ4v) is 1.50. The Morgan fingerprint density at radius 2 is 2.06 bits per heavy atom. The average molecular weight is 240 g/mol. The average Bonchev–Trinajstić information content (AvgIpc) is 2.24. The topological polar surface area (TPSA) is 81.2 Å². The molecule has 1 aromatic rings. The summed E-state index contributed by atoms with van der Waals surface area (Å²) in [6, 6.07) is 0. The molecule has 94 valence electrons. The summed E-state index contributed by atoms with van der Waals surface area (Å²) in [6.07, 6.45) is 1.44. The molecule has 0 fully saturated rings. The van der Waals surface area contributed by atoms with Crippen LogP contribution in [0.3, 0.4) is 0 Å². The zero-order valence-corrected chi connectivity index (χ0v) is 10.4. The second-order valence-corrected chi connectivity index (χ2v) is 4.57. The lowest BCUT2D eigenvalue weighted by atomic mass is 9.93. The standard InChI is InChI=1S/C11H16N2O4/c1-7-5-13(10(16)12-8(7)14)6-11(2,3)9(15)17-4/h5H,6H2,1-4H3,(H,12,14,16). The van der Waals surface area contributed by atoms with Crippen LogP contribution in [0.15, 0.2) is 15.8 Å². The van der Waals surface area contributed by atoms with Crippen molar-refractivity contribution in [3.63, 3.8) is 0 Å². The summed E-state index contributed by atoms with van der Waals surface area (Å²) in [5, 5.41) is 0. The van der Waals surface area contributed by atoms with Gasteiger partial charge in [0.1, 0.15) is 0 Å². The number of nitrogens with one attached hydrogen (secondary N) is 1. The highest BCUT2D eigenvalue weighted by molar-refractivity contribution is 5.75. The molecule has 0 aliphatic carbocycles. The van der Waals surface area contributed by atoms with Crippen LogP contribution in [0.25, 0.3) is 0 Å². The molecular formula is C11H16N2O4. The maximum absolute atomic E-state index is 11.5. The number of hydrogen-bond donors (Lipinski definition) is 1. The van der Waals surface area contributed by atoms with E-state index >= 15 is 0 Å². The molecule has 0 amide bonds. The molecule has 0 spiro atoms. The van der Waals surface area contributed by atoms with Gasteiger partial charge >= 0.3 is 11.7 Å². The molecule has 0 atom stereocenters. The predicted molar refractivity (Wildman–Crippen MR) is 61.9 cm³/mol. The Labute approximate surface area is 98.2 Å². The van der Waals surface area contributed by atoms with E-state index in [0.29, 0.717) is 5.56 Å². The van der Waals surface area contributed by atoms with Crippen LogP contribution < -0.4 is 11.2 Å². The Balaban J connectivity index is 3.12. The van der Waals surface area contributed by atoms with Gasteiger partial charge in [-0.25, -0.2) is 4.79 Å². The van der Waals surface area contributed by atoms with Crippen LogP contribution in [0, 0.1) is 12.3 Å². The van der Waals surface area contributed by atoms with E-state index in [1.807, 2.05) is 0 Å². The second-order valence-electron chi connectivity index (χ2n) is 4.57. The molecule has 0 aliphatic rings. The maximum atomic E-state index is 11.5. The van der Waals surface area contributed by atoms with Crippen molar-refractivity contribution in [2.45, 2.75) is 27.3 Å². The highest BCUT2D eigenvalue weighted by Gasteiger charge is 2.29. The van der Waals surface area contributed by atoms with Gasteiger partial charge in [0.15, 0.2) is 0 Å². The number of H-pyrrole nitrogens is 1. The van der Waals surface area contributed by atoms with Crippen LogP contribution in [0.4, 0.5) is 0 Å². The Kier molecular flexibility index (Phi) is 3.55. The molecule has 0 bridgehead atoms. The first kappa shape index (κ1) is 13.2. The van der Waals surface area contributed by atoms with Gasteiger partial charge in [0.2, 0.25) is 0 Å². The summed E-state index contributed by atoms with van der Waals surface area (Å²) in [4.78, 5) is 36.4. The first-order valence-corrected chi connectivity index (χ1v) is 5.17. The first-order chi connectivity index (χ1) is 7.77. The Hall–Kier alpha value is -1.85. The van der Waals surface area contributed by atoms with Gasteiger partial charge in [-0.05, 0) is 20.8 Å². The summed E-state index contributed by atoms with van der Waals surface area (Å²) in [5.74, 6) is -0.409. The van der Waals surface area contributed by atoms with Crippen LogP contribution in [-0.4, -0.2) is 22.6 Å². The molecule has 6 nitrogen and oxygen atoms in total. The monoisotopic (exact) mass is 240 g/mol. The number of carbonyl (C=O) groups is 1. The molecule has 0 saturated carbocycles. The molecule has 17 heavy (non-hydrogen) atoms. The van der Waals surface area contributed by atoms with Crippen LogP contribution in [0.2, 0.25) is 0 Å². The largest absolute Gasteiger partial charge is 0.469 e. The molecule has 6 heteroatoms. The third kappa shape index (κ3) is 2.83. The molecule has 0 unspecified atom stereocenters. The fraction of sp³-hybridized carbons (Fsp3) is 0.545. The van der Waals surface area contributed by atoms with Gasteiger partial charge in [-0.3, -0.25) is 19.1 Å². The Morgan fingerprint density at radius 3 is 2.59 bits per heavy atom. The first-order valence-electron chi connectivity index (χ1n) is 5.17. The van der Waals surface area contributed by atoms with Gasteiger partial charge in [-0.2, -0.15) is 0 Å². The van der Waals surface area contributed by atoms with E-state index in [2.05, 4.69) is 9.72 Å². The van der Waals surface area contributed by atoms with Crippen molar-refractivity contribution in [1.82, 2.24) is 9.55 Å². The Morgan fingerprint density at radius 1 is 1.47 bits per heavy atom. The highest BCUT2D eigenvalue weighted by atomic mass is 16.5. The number of methoxy groups -OCH3 is 1. The predicted octanol–water partition coefficient (Wildman–Crippen LogP) is 0.0442. The number of rotatable bonds is 3. The van der Waals surface area contributed by atoms with Crippen LogP contribution in [0.5, 0.6) is 0 Å². The maximum Gasteiger partial charge on any atom is 0.328 e. The van der Waals surface area contributed by atoms with E-state index < -0.39 is 22.6 Å². The highest BCUT2D eigenvalue weighted by Crippen LogP contribution is 2.18. The minimum atomic E-state index is -0.830. The van der Waals surface area contributed by atoms with Gasteiger partial charge in [0.25, 0.3) is 5.56 Å². The van der Waals surface area contributed by atoms with Crippen LogP contribution >= 0.6 is 0 Å². The van der Waals surface area contributed by atoms with Crippen molar-refractivity contribution in [3.8, 4) is 0 Å². The van der Waals surface area contributed by atoms with Crippen molar-refractivity contribution in [1.29, 1.82) is 0 Å². The van der Waals surface area contributed by atoms with E-state index in [4.69, 9.17) is 0 Å². The zero-order valence-electron chi connectivity index (χ0n) is 10.4. The van der Waals surface area contributed by atoms with Crippen LogP contribution in [-0.2, 0) is 16.1 Å². The lowest BCUT2D eigenvalue weighted by Gasteiger charge is -2.22. The van der Waals surface area contributed by atoms with E-state index in [0.717, 1.165) is 0 Å². The molecule has 1 aromatic heterocycles. The summed E-state index contributed by atoms with van der Waals surface area (Å²) in [6.45, 7) is 5.09. The number of carbonyl (C=O) groups excluding carboxylic acids is 1. The van der Waals surface area contributed by atoms with E-state index in [1.165, 1.54) is 17.9 Å². The third-order valence-electron chi connectivity index (χ3n) is 2.49. The lowest BCUT2D eigenvalue weighted by molar-refractivity contribution is -0.151. The van der Waals surface area contributed by atoms with Crippen LogP contribution in [0.1, 0.15) is 19.4 Å². The normalized spacial score (nSPS) is 11.3. The van der Waals surface area contributed by atoms with Crippen molar-refractivity contribution >= 4 is 5.97 Å². The van der Waals surface area contributed by atoms with Gasteiger partial charge < -0.3 is 4.74 Å². The molecule has 1 rings (SSSR count). The lowest BCUT2D eigenvalue weighted by Crippen LogP contribution is -2.38. The molecule has 0 saturated heterocycles. The van der Waals surface area contributed by atoms with E-state index in [9.17, 15) is 14.4 Å². The number of aryl methyl sites for hydroxylation is 1. The molecule has 0 aliphatic heterocycles. The quantitative estimate of drug-likeness (QED) is 0.756. The van der Waals surface area contributed by atoms with Gasteiger partial charge in [0.05, 0.1) is 12.5 Å². The van der Waals surface area contributed by atoms with Crippen molar-refractivity contribution < 1.29 is 9.53 Å². The number of ether oxygens (including phenoxy) is 1. The van der Waals surface area contributed by atoms with Gasteiger partial charge in [-0.15, -0.1) is 0 Å². The van der Waals surface area contributed by atoms with Crippen molar-refractivity contribution in [3.05, 3.63) is 32.6 Å². The minimum absolute atomic E-state index is 0.149. The summed E-state index contributed by atoms with van der Waals surface area (Å²) >= 11 is 0. The summed E-state index contributed by atoms with van der Waals surface area (Å²) in [7, 11) is 1.30. The number of aromatic amines is 1. The summed E-state index contributed by atoms with van der Waals surface area (Å²) < 4.78 is 5.95. The van der Waals surface area contributed by atoms with Crippen molar-refractivity contribution in [2.75, 3.05) is 7.11 Å². The fourth-order valence-electron chi connectivity index (χ4n) is 1.50. The molecule has 1 N–H and O–H groups in total. The molecular weight excluding hydrogens is 224 g/mol. The van der Waals surface area contributed by atoms with Gasteiger partial charge in [0, 0.05) is 18.3 Å². The van der Waals surface area contributed by atoms with Gasteiger partial charge in [-0.1, -0.05) is 0 Å². The second kappa shape index (κ2) is 4.57. The van der Waals surface area contributed by atoms with Crippen molar-refractivity contribution in [2.24, 2.45) is 5.41 Å². The van der Waals surface area contributed by atoms with E-state index in [-0.39, 0.29) is 6.54 Å². The minimum Gasteiger partial charge on any atom is -0.469 e. The number of hydrogen-bond acceptors (Lipinski definition) is 4. The number of aromatic nitrogens is 2. The SMILES string of the molecule is COC(=O)C(C)(C)Cn1cc(C)c(=O)[nH]c1=O. The third-order valence-corrected chi connectivity index (χ3v) is 2.49. The molecule has 0 radical (unpaired) electrons.